The maximum atomic E-state index is 14.9. The molecule has 2 aliphatic heterocycles. The number of carbonyl (C=O) groups excluding carboxylic acids is 3. The lowest BCUT2D eigenvalue weighted by Gasteiger charge is -2.40. The van der Waals surface area contributed by atoms with Gasteiger partial charge in [0.15, 0.2) is 0 Å². The molecular formula is C39H51F3N6O9S. The molecule has 2 aliphatic carbocycles. The third kappa shape index (κ3) is 8.78. The lowest BCUT2D eigenvalue weighted by Crippen LogP contribution is -2.62. The number of pyridine rings is 1. The normalized spacial score (nSPS) is 28.6. The molecule has 0 unspecified atom stereocenters. The lowest BCUT2D eigenvalue weighted by atomic mass is 9.86. The van der Waals surface area contributed by atoms with Crippen LogP contribution in [-0.2, 0) is 24.4 Å². The van der Waals surface area contributed by atoms with E-state index in [1.807, 2.05) is 13.0 Å². The third-order valence-electron chi connectivity index (χ3n) is 11.7. The van der Waals surface area contributed by atoms with Crippen LogP contribution in [0.5, 0.6) is 11.6 Å². The van der Waals surface area contributed by atoms with Crippen LogP contribution >= 0.6 is 0 Å². The number of methoxy groups -OCH3 is 1. The molecule has 19 heteroatoms. The highest BCUT2D eigenvalue weighted by Crippen LogP contribution is 2.46. The van der Waals surface area contributed by atoms with E-state index < -0.39 is 86.9 Å². The van der Waals surface area contributed by atoms with Crippen LogP contribution in [0.3, 0.4) is 0 Å². The predicted molar refractivity (Wildman–Crippen MR) is 207 cm³/mol. The molecule has 0 radical (unpaired) electrons. The first kappa shape index (κ1) is 42.8. The number of fused-ring (bicyclic) bond motifs is 3. The first-order valence-electron chi connectivity index (χ1n) is 19.4. The Labute approximate surface area is 335 Å². The van der Waals surface area contributed by atoms with Crippen LogP contribution in [0.1, 0.15) is 65.7 Å². The van der Waals surface area contributed by atoms with Gasteiger partial charge in [-0.25, -0.2) is 13.2 Å². The number of allylic oxidation sites excluding steroid dienone is 1. The zero-order chi connectivity index (χ0) is 42.5. The number of benzene rings is 1. The average Bonchev–Trinajstić information content (AvgIpc) is 4.07. The van der Waals surface area contributed by atoms with Crippen molar-refractivity contribution < 1.29 is 55.3 Å². The van der Waals surface area contributed by atoms with E-state index in [1.54, 1.807) is 49.3 Å². The Hall–Kier alpha value is -4.81. The Balaban J connectivity index is 1.43. The Bertz CT molecular complexity index is 2080. The largest absolute Gasteiger partial charge is 0.497 e. The zero-order valence-corrected chi connectivity index (χ0v) is 34.1. The molecule has 0 bridgehead atoms. The molecule has 6 rings (SSSR count). The second kappa shape index (κ2) is 16.1. The number of carbonyl (C=O) groups is 4. The molecule has 4 amide bonds. The number of anilines is 1. The molecule has 1 aromatic carbocycles. The molecule has 58 heavy (non-hydrogen) atoms. The van der Waals surface area contributed by atoms with Crippen LogP contribution in [0.2, 0.25) is 0 Å². The van der Waals surface area contributed by atoms with Gasteiger partial charge in [0.2, 0.25) is 27.7 Å². The van der Waals surface area contributed by atoms with E-state index in [0.717, 1.165) is 4.90 Å². The van der Waals surface area contributed by atoms with E-state index in [-0.39, 0.29) is 42.5 Å². The summed E-state index contributed by atoms with van der Waals surface area (Å²) >= 11 is 0. The molecule has 1 saturated heterocycles. The summed E-state index contributed by atoms with van der Waals surface area (Å²) in [6, 6.07) is 1.08. The van der Waals surface area contributed by atoms with Crippen molar-refractivity contribution in [2.45, 2.75) is 107 Å². The molecule has 1 aromatic heterocycles. The number of amides is 4. The molecule has 0 spiro atoms. The lowest BCUT2D eigenvalue weighted by molar-refractivity contribution is -0.184. The highest BCUT2D eigenvalue weighted by molar-refractivity contribution is 7.91. The highest BCUT2D eigenvalue weighted by Gasteiger charge is 2.62. The van der Waals surface area contributed by atoms with Crippen LogP contribution in [0, 0.1) is 17.8 Å². The number of ether oxygens (including phenoxy) is 2. The van der Waals surface area contributed by atoms with Crippen LogP contribution < -0.4 is 24.4 Å². The van der Waals surface area contributed by atoms with Crippen molar-refractivity contribution in [2.24, 2.45) is 17.8 Å². The fourth-order valence-corrected chi connectivity index (χ4v) is 9.51. The topological polar surface area (TPSA) is 188 Å². The van der Waals surface area contributed by atoms with Gasteiger partial charge in [-0.1, -0.05) is 26.0 Å². The van der Waals surface area contributed by atoms with Gasteiger partial charge < -0.3 is 29.7 Å². The number of alkyl halides is 3. The zero-order valence-electron chi connectivity index (χ0n) is 33.3. The van der Waals surface area contributed by atoms with Crippen molar-refractivity contribution in [3.8, 4) is 11.6 Å². The number of nitrogens with zero attached hydrogens (tertiary/aromatic N) is 4. The van der Waals surface area contributed by atoms with Crippen molar-refractivity contribution in [3.05, 3.63) is 36.4 Å². The molecule has 3 fully saturated rings. The molecule has 4 aliphatic rings. The summed E-state index contributed by atoms with van der Waals surface area (Å²) in [5.74, 6) is -3.36. The van der Waals surface area contributed by atoms with Gasteiger partial charge in [0.25, 0.3) is 5.91 Å². The molecular weight excluding hydrogens is 786 g/mol. The van der Waals surface area contributed by atoms with Crippen molar-refractivity contribution >= 4 is 50.4 Å². The van der Waals surface area contributed by atoms with Crippen molar-refractivity contribution in [1.29, 1.82) is 0 Å². The van der Waals surface area contributed by atoms with Gasteiger partial charge in [-0.3, -0.25) is 24.0 Å². The van der Waals surface area contributed by atoms with Crippen LogP contribution in [0.15, 0.2) is 36.4 Å². The molecule has 8 atom stereocenters. The van der Waals surface area contributed by atoms with E-state index in [9.17, 15) is 45.9 Å². The summed E-state index contributed by atoms with van der Waals surface area (Å²) in [5, 5.41) is 13.6. The van der Waals surface area contributed by atoms with Gasteiger partial charge in [0, 0.05) is 31.8 Å². The van der Waals surface area contributed by atoms with E-state index in [4.69, 9.17) is 9.47 Å². The van der Waals surface area contributed by atoms with E-state index in [1.165, 1.54) is 14.0 Å². The number of hydrogen-bond acceptors (Lipinski definition) is 10. The minimum Gasteiger partial charge on any atom is -0.497 e. The number of carboxylic acid groups (broad SMARTS) is 1. The van der Waals surface area contributed by atoms with Gasteiger partial charge >= 0.3 is 12.3 Å². The van der Waals surface area contributed by atoms with Gasteiger partial charge in [-0.15, -0.1) is 0 Å². The van der Waals surface area contributed by atoms with Crippen molar-refractivity contribution in [2.75, 3.05) is 32.6 Å². The second-order valence-corrected chi connectivity index (χ2v) is 18.3. The third-order valence-corrected chi connectivity index (χ3v) is 13.5. The standard InChI is InChI=1S/C39H51F3N6O9S/c1-21-9-7-8-10-25-19-38(25,36(51)45-58(54,55)28-12-13-28)44-33(49)30-18-27(57-34-29-14-11-26(56-6)16-24(29)17-31(43-34)46(4)5)20-47(30)35(50)32(22(2)15-21)48(37(52)53)23(3)39(40,41)42/h8,10-11,14,16-17,21-23,25,27-28,30,32H,7,9,12-13,15,18-20H2,1-6H3,(H,44,49)(H,45,51)(H,52,53)/t21-,22+,23+,25+,27+,30-,32-,38+/m0/s1. The first-order valence-corrected chi connectivity index (χ1v) is 21.0. The molecule has 318 valence electrons. The Kier molecular flexibility index (Phi) is 11.9. The van der Waals surface area contributed by atoms with E-state index in [2.05, 4.69) is 15.0 Å². The summed E-state index contributed by atoms with van der Waals surface area (Å²) in [6.45, 7) is 3.69. The summed E-state index contributed by atoms with van der Waals surface area (Å²) in [5.41, 5.74) is -1.70. The fourth-order valence-electron chi connectivity index (χ4n) is 8.15. The second-order valence-electron chi connectivity index (χ2n) is 16.4. The van der Waals surface area contributed by atoms with Gasteiger partial charge in [0.1, 0.15) is 41.3 Å². The summed E-state index contributed by atoms with van der Waals surface area (Å²) in [6.07, 6.45) is -2.67. The Morgan fingerprint density at radius 2 is 1.83 bits per heavy atom. The molecule has 2 saturated carbocycles. The number of aromatic nitrogens is 1. The summed E-state index contributed by atoms with van der Waals surface area (Å²) < 4.78 is 82.8. The van der Waals surface area contributed by atoms with Gasteiger partial charge in [-0.05, 0) is 86.9 Å². The van der Waals surface area contributed by atoms with Crippen LogP contribution in [0.4, 0.5) is 23.8 Å². The highest BCUT2D eigenvalue weighted by atomic mass is 32.2. The average molecular weight is 837 g/mol. The van der Waals surface area contributed by atoms with Gasteiger partial charge in [0.05, 0.1) is 18.9 Å². The predicted octanol–water partition coefficient (Wildman–Crippen LogP) is 4.45. The van der Waals surface area contributed by atoms with Crippen LogP contribution in [-0.4, -0.2) is 121 Å². The van der Waals surface area contributed by atoms with Crippen LogP contribution in [0.25, 0.3) is 10.8 Å². The molecule has 15 nitrogen and oxygen atoms in total. The van der Waals surface area contributed by atoms with E-state index in [0.29, 0.717) is 54.9 Å². The molecule has 3 N–H and O–H groups in total. The Morgan fingerprint density at radius 3 is 2.45 bits per heavy atom. The number of sulfonamides is 1. The SMILES string of the molecule is COc1ccc2c(O[C@@H]3C[C@H]4C(=O)N[C@]5(C(=O)NS(=O)(=O)C6CC6)C[C@H]5C=CCC[C@H](C)C[C@@H](C)[C@H](N(C(=O)O)[C@H](C)C(F)(F)F)C(=O)N4C3)nc(N(C)C)cc2c1. The molecule has 3 heterocycles. The monoisotopic (exact) mass is 836 g/mol. The minimum absolute atomic E-state index is 0.0592. The number of rotatable bonds is 9. The van der Waals surface area contributed by atoms with Crippen molar-refractivity contribution in [1.82, 2.24) is 24.8 Å². The number of hydrogen-bond donors (Lipinski definition) is 3. The number of halogens is 3. The summed E-state index contributed by atoms with van der Waals surface area (Å²) in [7, 11) is 1.04. The van der Waals surface area contributed by atoms with E-state index >= 15 is 0 Å². The maximum absolute atomic E-state index is 14.9. The van der Waals surface area contributed by atoms with Crippen molar-refractivity contribution in [3.63, 3.8) is 0 Å². The minimum atomic E-state index is -5.03. The quantitative estimate of drug-likeness (QED) is 0.303. The number of nitrogens with one attached hydrogen (secondary N) is 2. The summed E-state index contributed by atoms with van der Waals surface area (Å²) in [4.78, 5) is 63.6. The molecule has 2 aromatic rings. The fraction of sp³-hybridized carbons (Fsp3) is 0.615. The first-order chi connectivity index (χ1) is 27.2. The Morgan fingerprint density at radius 1 is 1.12 bits per heavy atom. The maximum Gasteiger partial charge on any atom is 0.408 e. The van der Waals surface area contributed by atoms with Gasteiger partial charge in [-0.2, -0.15) is 18.2 Å². The smallest absolute Gasteiger partial charge is 0.408 e.